The molecule has 1 aromatic heterocycles. The zero-order chi connectivity index (χ0) is 23.8. The number of nitrogens with zero attached hydrogens (tertiary/aromatic N) is 1. The normalized spacial score (nSPS) is 13.1. The van der Waals surface area contributed by atoms with Gasteiger partial charge in [-0.05, 0) is 51.4 Å². The third-order valence-electron chi connectivity index (χ3n) is 5.69. The number of fused-ring (bicyclic) bond motifs is 3. The van der Waals surface area contributed by atoms with E-state index >= 15 is 0 Å². The van der Waals surface area contributed by atoms with E-state index in [1.165, 1.54) is 5.57 Å². The second-order valence-corrected chi connectivity index (χ2v) is 8.66. The molecule has 1 amide bonds. The molecule has 0 aliphatic carbocycles. The first-order valence-electron chi connectivity index (χ1n) is 11.6. The van der Waals surface area contributed by atoms with E-state index in [-0.39, 0.29) is 19.1 Å². The molecule has 0 aliphatic heterocycles. The number of nitrogens with one attached hydrogen (secondary N) is 1. The summed E-state index contributed by atoms with van der Waals surface area (Å²) in [6, 6.07) is 13.6. The molecule has 0 bridgehead atoms. The summed E-state index contributed by atoms with van der Waals surface area (Å²) >= 11 is 0. The number of carbonyl (C=O) groups is 1. The highest BCUT2D eigenvalue weighted by molar-refractivity contribution is 6.11. The van der Waals surface area contributed by atoms with Crippen molar-refractivity contribution in [1.29, 1.82) is 0 Å². The molecule has 7 heteroatoms. The molecule has 0 spiro atoms. The van der Waals surface area contributed by atoms with Crippen molar-refractivity contribution in [2.45, 2.75) is 51.8 Å². The Kier molecular flexibility index (Phi) is 8.88. The second-order valence-electron chi connectivity index (χ2n) is 8.66. The zero-order valence-corrected chi connectivity index (χ0v) is 19.6. The zero-order valence-electron chi connectivity index (χ0n) is 19.6. The Morgan fingerprint density at radius 3 is 2.67 bits per heavy atom. The number of ether oxygens (including phenoxy) is 1. The Hall–Kier alpha value is -2.87. The summed E-state index contributed by atoms with van der Waals surface area (Å²) < 4.78 is 8.30. The molecule has 2 atom stereocenters. The monoisotopic (exact) mass is 452 g/mol. The number of para-hydroxylation sites is 1. The molecule has 3 rings (SSSR count). The number of aromatic nitrogens is 1. The van der Waals surface area contributed by atoms with Gasteiger partial charge in [-0.15, -0.1) is 0 Å². The van der Waals surface area contributed by atoms with Crippen LogP contribution >= 0.6 is 0 Å². The molecule has 178 valence electrons. The van der Waals surface area contributed by atoms with E-state index in [1.54, 1.807) is 0 Å². The van der Waals surface area contributed by atoms with Crippen molar-refractivity contribution in [2.24, 2.45) is 11.5 Å². The average molecular weight is 453 g/mol. The Morgan fingerprint density at radius 1 is 1.15 bits per heavy atom. The van der Waals surface area contributed by atoms with E-state index < -0.39 is 12.1 Å². The summed E-state index contributed by atoms with van der Waals surface area (Å²) in [6.45, 7) is 5.70. The van der Waals surface area contributed by atoms with E-state index in [0.717, 1.165) is 41.2 Å². The first kappa shape index (κ1) is 24.8. The molecule has 1 unspecified atom stereocenters. The van der Waals surface area contributed by atoms with Crippen LogP contribution in [0.25, 0.3) is 21.8 Å². The van der Waals surface area contributed by atoms with Crippen molar-refractivity contribution in [1.82, 2.24) is 9.88 Å². The van der Waals surface area contributed by atoms with Crippen LogP contribution in [0.5, 0.6) is 5.75 Å². The lowest BCUT2D eigenvalue weighted by atomic mass is 10.1. The van der Waals surface area contributed by atoms with Crippen LogP contribution in [0.3, 0.4) is 0 Å². The van der Waals surface area contributed by atoms with E-state index in [4.69, 9.17) is 16.2 Å². The van der Waals surface area contributed by atoms with Crippen LogP contribution in [0, 0.1) is 0 Å². The molecule has 2 aromatic carbocycles. The minimum Gasteiger partial charge on any atom is -0.490 e. The van der Waals surface area contributed by atoms with Crippen molar-refractivity contribution in [3.05, 3.63) is 54.1 Å². The number of unbranched alkanes of at least 4 members (excludes halogenated alkanes) is 1. The highest BCUT2D eigenvalue weighted by Gasteiger charge is 2.17. The fourth-order valence-corrected chi connectivity index (χ4v) is 3.89. The first-order chi connectivity index (χ1) is 15.9. The van der Waals surface area contributed by atoms with Gasteiger partial charge in [0, 0.05) is 29.4 Å². The molecule has 7 nitrogen and oxygen atoms in total. The third kappa shape index (κ3) is 6.35. The minimum absolute atomic E-state index is 0.0648. The third-order valence-corrected chi connectivity index (χ3v) is 5.69. The van der Waals surface area contributed by atoms with Gasteiger partial charge in [0.25, 0.3) is 0 Å². The molecule has 1 heterocycles. The van der Waals surface area contributed by atoms with Crippen molar-refractivity contribution in [3.63, 3.8) is 0 Å². The smallest absolute Gasteiger partial charge is 0.237 e. The lowest BCUT2D eigenvalue weighted by Gasteiger charge is -2.16. The highest BCUT2D eigenvalue weighted by Crippen LogP contribution is 2.35. The van der Waals surface area contributed by atoms with Crippen LogP contribution in [0.15, 0.2) is 54.1 Å². The van der Waals surface area contributed by atoms with Gasteiger partial charge in [0.15, 0.2) is 0 Å². The minimum atomic E-state index is -0.848. The highest BCUT2D eigenvalue weighted by atomic mass is 16.5. The fourth-order valence-electron chi connectivity index (χ4n) is 3.89. The van der Waals surface area contributed by atoms with Crippen molar-refractivity contribution >= 4 is 27.7 Å². The van der Waals surface area contributed by atoms with Gasteiger partial charge < -0.3 is 31.2 Å². The Labute approximate surface area is 195 Å². The molecular weight excluding hydrogens is 416 g/mol. The van der Waals surface area contributed by atoms with Gasteiger partial charge in [0.05, 0.1) is 11.6 Å². The molecule has 0 fully saturated rings. The summed E-state index contributed by atoms with van der Waals surface area (Å²) in [5.41, 5.74) is 14.8. The van der Waals surface area contributed by atoms with Crippen molar-refractivity contribution in [3.8, 4) is 5.75 Å². The molecule has 0 saturated heterocycles. The van der Waals surface area contributed by atoms with Gasteiger partial charge in [0.1, 0.15) is 18.5 Å². The molecule has 6 N–H and O–H groups in total. The van der Waals surface area contributed by atoms with Gasteiger partial charge in [-0.2, -0.15) is 0 Å². The predicted molar refractivity (Wildman–Crippen MR) is 134 cm³/mol. The number of carbonyl (C=O) groups excluding carboxylic acids is 1. The van der Waals surface area contributed by atoms with Gasteiger partial charge in [-0.25, -0.2) is 0 Å². The van der Waals surface area contributed by atoms with Gasteiger partial charge >= 0.3 is 0 Å². The Bertz CT molecular complexity index is 1100. The average Bonchev–Trinajstić information content (AvgIpc) is 3.14. The van der Waals surface area contributed by atoms with Gasteiger partial charge in [-0.3, -0.25) is 4.79 Å². The van der Waals surface area contributed by atoms with Crippen LogP contribution < -0.4 is 21.5 Å². The molecule has 0 radical (unpaired) electrons. The maximum absolute atomic E-state index is 12.1. The number of aliphatic hydroxyl groups is 1. The number of amides is 1. The van der Waals surface area contributed by atoms with E-state index in [1.807, 2.05) is 24.3 Å². The number of rotatable bonds is 12. The second kappa shape index (κ2) is 11.8. The van der Waals surface area contributed by atoms with Gasteiger partial charge in [0.2, 0.25) is 5.91 Å². The number of hydrogen-bond acceptors (Lipinski definition) is 5. The van der Waals surface area contributed by atoms with Crippen molar-refractivity contribution < 1.29 is 14.6 Å². The SMILES string of the molecule is CC(C)=CCn1c2ccccc2c2c(OCC(O)CNC(=O)[C@@H](N)CCCCN)cccc21. The van der Waals surface area contributed by atoms with Gasteiger partial charge in [-0.1, -0.05) is 42.3 Å². The number of nitrogens with two attached hydrogens (primary N) is 2. The van der Waals surface area contributed by atoms with E-state index in [9.17, 15) is 9.90 Å². The maximum Gasteiger partial charge on any atom is 0.237 e. The standard InChI is InChI=1S/C26H36N4O3/c1-18(2)13-15-30-22-10-4-3-8-20(22)25-23(30)11-7-12-24(25)33-17-19(31)16-29-26(32)21(28)9-5-6-14-27/h3-4,7-8,10-13,19,21,31H,5-6,9,14-17,27-28H2,1-2H3,(H,29,32)/t19?,21-/m0/s1. The largest absolute Gasteiger partial charge is 0.490 e. The topological polar surface area (TPSA) is 116 Å². The van der Waals surface area contributed by atoms with Crippen LogP contribution in [0.4, 0.5) is 0 Å². The summed E-state index contributed by atoms with van der Waals surface area (Å²) in [5, 5.41) is 15.2. The Morgan fingerprint density at radius 2 is 1.91 bits per heavy atom. The maximum atomic E-state index is 12.1. The van der Waals surface area contributed by atoms with E-state index in [0.29, 0.717) is 18.7 Å². The molecule has 33 heavy (non-hydrogen) atoms. The molecule has 0 aliphatic rings. The summed E-state index contributed by atoms with van der Waals surface area (Å²) in [7, 11) is 0. The molecule has 0 saturated carbocycles. The lowest BCUT2D eigenvalue weighted by molar-refractivity contribution is -0.123. The molecule has 3 aromatic rings. The Balaban J connectivity index is 1.69. The number of benzene rings is 2. The van der Waals surface area contributed by atoms with E-state index in [2.05, 4.69) is 48.0 Å². The van der Waals surface area contributed by atoms with Crippen LogP contribution in [-0.4, -0.2) is 47.4 Å². The lowest BCUT2D eigenvalue weighted by Crippen LogP contribution is -2.44. The number of aliphatic hydroxyl groups excluding tert-OH is 1. The van der Waals surface area contributed by atoms with Crippen molar-refractivity contribution in [2.75, 3.05) is 19.7 Å². The number of allylic oxidation sites excluding steroid dienone is 2. The number of hydrogen-bond donors (Lipinski definition) is 4. The van der Waals surface area contributed by atoms with Crippen LogP contribution in [-0.2, 0) is 11.3 Å². The molecular formula is C26H36N4O3. The van der Waals surface area contributed by atoms with Crippen LogP contribution in [0.1, 0.15) is 33.1 Å². The quantitative estimate of drug-likeness (QED) is 0.249. The summed E-state index contributed by atoms with van der Waals surface area (Å²) in [6.07, 6.45) is 3.58. The van der Waals surface area contributed by atoms with Crippen LogP contribution in [0.2, 0.25) is 0 Å². The predicted octanol–water partition coefficient (Wildman–Crippen LogP) is 3.07. The fraction of sp³-hybridized carbons (Fsp3) is 0.423. The summed E-state index contributed by atoms with van der Waals surface area (Å²) in [4.78, 5) is 12.1. The summed E-state index contributed by atoms with van der Waals surface area (Å²) in [5.74, 6) is 0.444. The first-order valence-corrected chi connectivity index (χ1v) is 11.6.